The summed E-state index contributed by atoms with van der Waals surface area (Å²) in [5.41, 5.74) is 4.60. The first kappa shape index (κ1) is 23.7. The van der Waals surface area contributed by atoms with Gasteiger partial charge in [-0.25, -0.2) is 13.5 Å². The van der Waals surface area contributed by atoms with E-state index in [2.05, 4.69) is 0 Å². The molecule has 1 atom stereocenters. The van der Waals surface area contributed by atoms with Crippen LogP contribution in [-0.2, 0) is 11.0 Å². The predicted molar refractivity (Wildman–Crippen MR) is 142 cm³/mol. The average molecular weight is 489 g/mol. The Balaban J connectivity index is 1.92. The quantitative estimate of drug-likeness (QED) is 0.211. The maximum atomic E-state index is 14.0. The van der Waals surface area contributed by atoms with E-state index in [1.54, 1.807) is 35.7 Å². The first-order chi connectivity index (χ1) is 16.4. The van der Waals surface area contributed by atoms with Crippen LogP contribution < -0.4 is 9.04 Å². The van der Waals surface area contributed by atoms with Crippen LogP contribution in [0.1, 0.15) is 16.7 Å². The summed E-state index contributed by atoms with van der Waals surface area (Å²) in [6.07, 6.45) is 0. The summed E-state index contributed by atoms with van der Waals surface area (Å²) >= 11 is 6.09. The van der Waals surface area contributed by atoms with Crippen LogP contribution in [0.3, 0.4) is 0 Å². The first-order valence-corrected chi connectivity index (χ1v) is 12.3. The maximum absolute atomic E-state index is 14.0. The number of hydrogen-bond acceptors (Lipinski definition) is 3. The molecular weight excluding hydrogens is 464 g/mol. The fourth-order valence-electron chi connectivity index (χ4n) is 3.34. The van der Waals surface area contributed by atoms with Gasteiger partial charge >= 0.3 is 0 Å². The zero-order valence-corrected chi connectivity index (χ0v) is 20.8. The molecule has 0 aromatic heterocycles. The van der Waals surface area contributed by atoms with E-state index in [0.717, 1.165) is 33.8 Å². The molecule has 0 radical (unpaired) electrons. The Kier molecular flexibility index (Phi) is 7.46. The number of methoxy groups -OCH3 is 1. The second-order valence-corrected chi connectivity index (χ2v) is 9.60. The molecule has 4 aromatic carbocycles. The summed E-state index contributed by atoms with van der Waals surface area (Å²) in [5.74, 6) is 1.29. The van der Waals surface area contributed by atoms with Crippen LogP contribution in [-0.4, -0.2) is 17.2 Å². The number of amidine groups is 1. The predicted octanol–water partition coefficient (Wildman–Crippen LogP) is 7.27. The number of rotatable bonds is 6. The van der Waals surface area contributed by atoms with Crippen molar-refractivity contribution in [2.45, 2.75) is 18.7 Å². The van der Waals surface area contributed by atoms with E-state index in [9.17, 15) is 4.21 Å². The third kappa shape index (κ3) is 5.56. The van der Waals surface area contributed by atoms with Gasteiger partial charge in [-0.05, 0) is 86.6 Å². The SMILES string of the molecule is COc1ccc(C(=Nc2ccc(C)cc2)N(c2ccc(C)cc2)[S@](=O)c2ccc(Cl)cc2)cc1. The molecule has 0 aliphatic heterocycles. The summed E-state index contributed by atoms with van der Waals surface area (Å²) in [6, 6.07) is 30.5. The van der Waals surface area contributed by atoms with Gasteiger partial charge in [0, 0.05) is 10.6 Å². The van der Waals surface area contributed by atoms with Gasteiger partial charge in [0.1, 0.15) is 5.75 Å². The van der Waals surface area contributed by atoms with Gasteiger partial charge in [-0.3, -0.25) is 0 Å². The zero-order valence-electron chi connectivity index (χ0n) is 19.2. The van der Waals surface area contributed by atoms with Crippen molar-refractivity contribution in [1.82, 2.24) is 0 Å². The van der Waals surface area contributed by atoms with Gasteiger partial charge < -0.3 is 4.74 Å². The molecule has 0 heterocycles. The lowest BCUT2D eigenvalue weighted by molar-refractivity contribution is 0.415. The normalized spacial score (nSPS) is 12.3. The number of halogens is 1. The molecule has 0 N–H and O–H groups in total. The van der Waals surface area contributed by atoms with Gasteiger partial charge in [0.15, 0.2) is 16.8 Å². The van der Waals surface area contributed by atoms with Crippen molar-refractivity contribution in [3.8, 4) is 5.75 Å². The van der Waals surface area contributed by atoms with Crippen LogP contribution in [0, 0.1) is 13.8 Å². The molecule has 0 bridgehead atoms. The van der Waals surface area contributed by atoms with E-state index in [1.165, 1.54) is 0 Å². The maximum Gasteiger partial charge on any atom is 0.158 e. The van der Waals surface area contributed by atoms with Crippen molar-refractivity contribution in [2.24, 2.45) is 4.99 Å². The average Bonchev–Trinajstić information content (AvgIpc) is 2.86. The Morgan fingerprint density at radius 3 is 1.91 bits per heavy atom. The highest BCUT2D eigenvalue weighted by molar-refractivity contribution is 7.87. The Morgan fingerprint density at radius 2 is 1.35 bits per heavy atom. The highest BCUT2D eigenvalue weighted by Crippen LogP contribution is 2.28. The van der Waals surface area contributed by atoms with Crippen LogP contribution in [0.2, 0.25) is 5.02 Å². The number of hydrogen-bond donors (Lipinski definition) is 0. The van der Waals surface area contributed by atoms with Crippen molar-refractivity contribution in [2.75, 3.05) is 11.4 Å². The number of ether oxygens (including phenoxy) is 1. The molecule has 6 heteroatoms. The van der Waals surface area contributed by atoms with E-state index in [-0.39, 0.29) is 0 Å². The van der Waals surface area contributed by atoms with Crippen LogP contribution in [0.15, 0.2) is 107 Å². The molecule has 0 saturated heterocycles. The molecule has 0 saturated carbocycles. The molecule has 172 valence electrons. The molecule has 0 spiro atoms. The molecule has 0 fully saturated rings. The van der Waals surface area contributed by atoms with Gasteiger partial charge in [0.25, 0.3) is 0 Å². The molecule has 4 aromatic rings. The fourth-order valence-corrected chi connectivity index (χ4v) is 4.66. The van der Waals surface area contributed by atoms with Crippen LogP contribution in [0.25, 0.3) is 0 Å². The van der Waals surface area contributed by atoms with Gasteiger partial charge in [0.2, 0.25) is 0 Å². The molecule has 0 amide bonds. The number of nitrogens with zero attached hydrogens (tertiary/aromatic N) is 2. The number of anilines is 1. The minimum Gasteiger partial charge on any atom is -0.497 e. The molecule has 0 unspecified atom stereocenters. The van der Waals surface area contributed by atoms with Crippen molar-refractivity contribution < 1.29 is 8.95 Å². The van der Waals surface area contributed by atoms with Crippen LogP contribution >= 0.6 is 11.6 Å². The lowest BCUT2D eigenvalue weighted by Crippen LogP contribution is -2.33. The Hall–Kier alpha value is -3.41. The monoisotopic (exact) mass is 488 g/mol. The summed E-state index contributed by atoms with van der Waals surface area (Å²) in [4.78, 5) is 5.59. The van der Waals surface area contributed by atoms with Crippen LogP contribution in [0.4, 0.5) is 11.4 Å². The van der Waals surface area contributed by atoms with E-state index < -0.39 is 11.0 Å². The number of aliphatic imine (C=N–C) groups is 1. The highest BCUT2D eigenvalue weighted by Gasteiger charge is 2.24. The molecule has 0 aliphatic rings. The zero-order chi connectivity index (χ0) is 24.1. The van der Waals surface area contributed by atoms with E-state index in [4.69, 9.17) is 21.3 Å². The van der Waals surface area contributed by atoms with Gasteiger partial charge in [-0.2, -0.15) is 0 Å². The minimum atomic E-state index is -1.59. The fraction of sp³-hybridized carbons (Fsp3) is 0.107. The van der Waals surface area contributed by atoms with Gasteiger partial charge in [-0.1, -0.05) is 47.0 Å². The largest absolute Gasteiger partial charge is 0.497 e. The van der Waals surface area contributed by atoms with Crippen molar-refractivity contribution in [1.29, 1.82) is 0 Å². The van der Waals surface area contributed by atoms with Gasteiger partial charge in [0.05, 0.1) is 23.4 Å². The topological polar surface area (TPSA) is 41.9 Å². The summed E-state index contributed by atoms with van der Waals surface area (Å²) in [7, 11) is 0.0393. The molecule has 4 rings (SSSR count). The van der Waals surface area contributed by atoms with E-state index in [1.807, 2.05) is 86.6 Å². The number of benzene rings is 4. The van der Waals surface area contributed by atoms with Crippen molar-refractivity contribution in [3.05, 3.63) is 119 Å². The van der Waals surface area contributed by atoms with Crippen LogP contribution in [0.5, 0.6) is 5.75 Å². The van der Waals surface area contributed by atoms with E-state index >= 15 is 0 Å². The summed E-state index contributed by atoms with van der Waals surface area (Å²) in [5, 5.41) is 0.589. The smallest absolute Gasteiger partial charge is 0.158 e. The Morgan fingerprint density at radius 1 is 0.794 bits per heavy atom. The Bertz CT molecular complexity index is 1300. The Labute approximate surface area is 208 Å². The summed E-state index contributed by atoms with van der Waals surface area (Å²) < 4.78 is 21.1. The van der Waals surface area contributed by atoms with E-state index in [0.29, 0.717) is 15.8 Å². The second-order valence-electron chi connectivity index (χ2n) is 7.83. The standard InChI is InChI=1S/C28H25ClN2O2S/c1-20-4-12-24(13-5-20)30-28(22-8-16-26(33-3)17-9-22)31(25-14-6-21(2)7-15-25)34(32)27-18-10-23(29)11-19-27/h4-19H,1-3H3/t34-/m1/s1. The molecule has 0 aliphatic carbocycles. The third-order valence-corrected chi connectivity index (χ3v) is 6.90. The number of aryl methyl sites for hydroxylation is 2. The third-order valence-electron chi connectivity index (χ3n) is 5.26. The minimum absolute atomic E-state index is 0.559. The van der Waals surface area contributed by atoms with Crippen molar-refractivity contribution in [3.63, 3.8) is 0 Å². The molecule has 34 heavy (non-hydrogen) atoms. The molecule has 4 nitrogen and oxygen atoms in total. The molecular formula is C28H25ClN2O2S. The van der Waals surface area contributed by atoms with Gasteiger partial charge in [-0.15, -0.1) is 0 Å². The first-order valence-electron chi connectivity index (χ1n) is 10.8. The lowest BCUT2D eigenvalue weighted by atomic mass is 10.1. The lowest BCUT2D eigenvalue weighted by Gasteiger charge is -2.26. The van der Waals surface area contributed by atoms with Crippen molar-refractivity contribution >= 4 is 39.8 Å². The second kappa shape index (κ2) is 10.7. The highest BCUT2D eigenvalue weighted by atomic mass is 35.5. The summed E-state index contributed by atoms with van der Waals surface area (Å²) in [6.45, 7) is 4.06.